The number of rotatable bonds is 10. The van der Waals surface area contributed by atoms with Crippen molar-refractivity contribution in [1.82, 2.24) is 15.5 Å². The summed E-state index contributed by atoms with van der Waals surface area (Å²) < 4.78 is 0. The lowest BCUT2D eigenvalue weighted by atomic mass is 10.0. The Morgan fingerprint density at radius 2 is 1.69 bits per heavy atom. The van der Waals surface area contributed by atoms with Crippen molar-refractivity contribution in [2.24, 2.45) is 5.73 Å². The van der Waals surface area contributed by atoms with Crippen LogP contribution in [0.2, 0.25) is 0 Å². The number of hydrogen-bond acceptors (Lipinski definition) is 4. The van der Waals surface area contributed by atoms with Gasteiger partial charge in [-0.2, -0.15) is 0 Å². The second-order valence-electron chi connectivity index (χ2n) is 10.5. The molecule has 0 bridgehead atoms. The van der Waals surface area contributed by atoms with Crippen molar-refractivity contribution in [1.29, 1.82) is 0 Å². The van der Waals surface area contributed by atoms with Crippen LogP contribution < -0.4 is 16.4 Å². The molecule has 5 rings (SSSR count). The quantitative estimate of drug-likeness (QED) is 0.267. The molecular formula is C33H38N4O2. The minimum atomic E-state index is -0.281. The molecule has 1 saturated heterocycles. The van der Waals surface area contributed by atoms with Crippen molar-refractivity contribution in [2.75, 3.05) is 19.6 Å². The summed E-state index contributed by atoms with van der Waals surface area (Å²) in [6.07, 6.45) is 3.64. The molecule has 1 heterocycles. The zero-order valence-electron chi connectivity index (χ0n) is 22.4. The van der Waals surface area contributed by atoms with Crippen LogP contribution in [0.15, 0.2) is 84.9 Å². The summed E-state index contributed by atoms with van der Waals surface area (Å²) >= 11 is 0. The minimum Gasteiger partial charge on any atom is -0.354 e. The molecule has 1 aliphatic heterocycles. The molecule has 0 radical (unpaired) electrons. The fraction of sp³-hybridized carbons (Fsp3) is 0.333. The molecule has 1 aliphatic rings. The van der Waals surface area contributed by atoms with Gasteiger partial charge in [-0.05, 0) is 58.5 Å². The Hall–Kier alpha value is -3.74. The van der Waals surface area contributed by atoms with Crippen molar-refractivity contribution in [3.63, 3.8) is 0 Å². The Kier molecular flexibility index (Phi) is 8.86. The zero-order chi connectivity index (χ0) is 27.0. The SMILES string of the molecule is NCCCC[C@H]1N[C@H](CNC(=O)Cc2ccc3ccccc3c2)CCN(Cc2cccc3ccccc23)C1=O. The Morgan fingerprint density at radius 1 is 0.923 bits per heavy atom. The molecule has 6 heteroatoms. The van der Waals surface area contributed by atoms with Crippen LogP contribution in [0.5, 0.6) is 0 Å². The molecule has 4 N–H and O–H groups in total. The molecule has 4 aromatic carbocycles. The molecular weight excluding hydrogens is 484 g/mol. The predicted octanol–water partition coefficient (Wildman–Crippen LogP) is 4.54. The number of amides is 2. The van der Waals surface area contributed by atoms with E-state index in [0.29, 0.717) is 32.6 Å². The number of nitrogens with two attached hydrogens (primary N) is 1. The normalized spacial score (nSPS) is 17.9. The van der Waals surface area contributed by atoms with Crippen LogP contribution in [0.1, 0.15) is 36.8 Å². The number of carbonyl (C=O) groups excluding carboxylic acids is 2. The zero-order valence-corrected chi connectivity index (χ0v) is 22.4. The van der Waals surface area contributed by atoms with Gasteiger partial charge in [0, 0.05) is 25.7 Å². The van der Waals surface area contributed by atoms with Gasteiger partial charge < -0.3 is 21.3 Å². The van der Waals surface area contributed by atoms with Crippen LogP contribution in [-0.2, 0) is 22.6 Å². The van der Waals surface area contributed by atoms with Crippen LogP contribution in [0.25, 0.3) is 21.5 Å². The number of hydrogen-bond donors (Lipinski definition) is 3. The Morgan fingerprint density at radius 3 is 2.54 bits per heavy atom. The van der Waals surface area contributed by atoms with Crippen molar-refractivity contribution >= 4 is 33.4 Å². The lowest BCUT2D eigenvalue weighted by Gasteiger charge is -2.25. The summed E-state index contributed by atoms with van der Waals surface area (Å²) in [5.74, 6) is 0.125. The average molecular weight is 523 g/mol. The highest BCUT2D eigenvalue weighted by Gasteiger charge is 2.30. The van der Waals surface area contributed by atoms with Gasteiger partial charge in [-0.25, -0.2) is 0 Å². The first kappa shape index (κ1) is 26.9. The molecule has 2 amide bonds. The minimum absolute atomic E-state index is 0.00468. The van der Waals surface area contributed by atoms with Crippen molar-refractivity contribution in [3.05, 3.63) is 96.1 Å². The average Bonchev–Trinajstić information content (AvgIpc) is 3.10. The van der Waals surface area contributed by atoms with E-state index in [1.165, 1.54) is 16.2 Å². The van der Waals surface area contributed by atoms with Crippen molar-refractivity contribution in [2.45, 2.75) is 50.7 Å². The van der Waals surface area contributed by atoms with Gasteiger partial charge in [0.15, 0.2) is 0 Å². The summed E-state index contributed by atoms with van der Waals surface area (Å²) in [4.78, 5) is 28.5. The second kappa shape index (κ2) is 12.9. The highest BCUT2D eigenvalue weighted by atomic mass is 16.2. The van der Waals surface area contributed by atoms with Crippen LogP contribution >= 0.6 is 0 Å². The number of nitrogens with one attached hydrogen (secondary N) is 2. The summed E-state index contributed by atoms with van der Waals surface area (Å²) in [5.41, 5.74) is 7.88. The Bertz CT molecular complexity index is 1430. The summed E-state index contributed by atoms with van der Waals surface area (Å²) in [7, 11) is 0. The van der Waals surface area contributed by atoms with Crippen LogP contribution in [0.4, 0.5) is 0 Å². The monoisotopic (exact) mass is 522 g/mol. The summed E-state index contributed by atoms with van der Waals surface area (Å²) in [5, 5.41) is 11.4. The van der Waals surface area contributed by atoms with Gasteiger partial charge in [-0.15, -0.1) is 0 Å². The van der Waals surface area contributed by atoms with Gasteiger partial charge in [0.1, 0.15) is 0 Å². The maximum atomic E-state index is 13.7. The third-order valence-electron chi connectivity index (χ3n) is 7.71. The van der Waals surface area contributed by atoms with Crippen LogP contribution in [0.3, 0.4) is 0 Å². The molecule has 0 unspecified atom stereocenters. The Balaban J connectivity index is 1.24. The largest absolute Gasteiger partial charge is 0.354 e. The molecule has 4 aromatic rings. The molecule has 0 saturated carbocycles. The maximum absolute atomic E-state index is 13.7. The van der Waals surface area contributed by atoms with E-state index in [1.54, 1.807) is 0 Å². The van der Waals surface area contributed by atoms with E-state index in [-0.39, 0.29) is 23.9 Å². The fourth-order valence-corrected chi connectivity index (χ4v) is 5.57. The molecule has 6 nitrogen and oxygen atoms in total. The van der Waals surface area contributed by atoms with Crippen LogP contribution in [-0.4, -0.2) is 48.4 Å². The number of nitrogens with zero attached hydrogens (tertiary/aromatic N) is 1. The molecule has 0 aliphatic carbocycles. The number of benzene rings is 4. The first-order valence-corrected chi connectivity index (χ1v) is 14.1. The molecule has 202 valence electrons. The van der Waals surface area contributed by atoms with E-state index in [4.69, 9.17) is 5.73 Å². The second-order valence-corrected chi connectivity index (χ2v) is 10.5. The van der Waals surface area contributed by atoms with Crippen molar-refractivity contribution < 1.29 is 9.59 Å². The molecule has 39 heavy (non-hydrogen) atoms. The van der Waals surface area contributed by atoms with Crippen molar-refractivity contribution in [3.8, 4) is 0 Å². The van der Waals surface area contributed by atoms with E-state index in [2.05, 4.69) is 65.2 Å². The molecule has 0 spiro atoms. The van der Waals surface area contributed by atoms with Gasteiger partial charge in [-0.3, -0.25) is 9.59 Å². The van der Waals surface area contributed by atoms with E-state index >= 15 is 0 Å². The highest BCUT2D eigenvalue weighted by Crippen LogP contribution is 2.22. The standard InChI is InChI=1S/C33H38N4O2/c34-18-6-5-14-31-33(39)37(23-28-12-7-11-26-9-3-4-13-30(26)28)19-17-29(36-31)22-35-32(38)21-24-15-16-25-8-1-2-10-27(25)20-24/h1-4,7-13,15-16,20,29,31,36H,5-6,14,17-19,21-23,34H2,(H,35,38)/t29-,31+/m0/s1. The first-order valence-electron chi connectivity index (χ1n) is 14.1. The van der Waals surface area contributed by atoms with E-state index < -0.39 is 0 Å². The van der Waals surface area contributed by atoms with Gasteiger partial charge >= 0.3 is 0 Å². The maximum Gasteiger partial charge on any atom is 0.240 e. The number of fused-ring (bicyclic) bond motifs is 2. The van der Waals surface area contributed by atoms with Gasteiger partial charge in [0.05, 0.1) is 12.5 Å². The third kappa shape index (κ3) is 6.83. The first-order chi connectivity index (χ1) is 19.1. The molecule has 0 aromatic heterocycles. The van der Waals surface area contributed by atoms with Gasteiger partial charge in [-0.1, -0.05) is 91.3 Å². The van der Waals surface area contributed by atoms with Gasteiger partial charge in [0.2, 0.25) is 11.8 Å². The Labute approximate surface area is 230 Å². The van der Waals surface area contributed by atoms with Gasteiger partial charge in [0.25, 0.3) is 0 Å². The number of unbranched alkanes of at least 4 members (excludes halogenated alkanes) is 1. The lowest BCUT2D eigenvalue weighted by molar-refractivity contribution is -0.133. The summed E-state index contributed by atoms with van der Waals surface area (Å²) in [6, 6.07) is 28.7. The predicted molar refractivity (Wildman–Crippen MR) is 158 cm³/mol. The molecule has 1 fully saturated rings. The third-order valence-corrected chi connectivity index (χ3v) is 7.71. The van der Waals surface area contributed by atoms with Crippen LogP contribution in [0, 0.1) is 0 Å². The number of carbonyl (C=O) groups is 2. The van der Waals surface area contributed by atoms with E-state index in [1.807, 2.05) is 35.2 Å². The topological polar surface area (TPSA) is 87.5 Å². The molecule has 2 atom stereocenters. The lowest BCUT2D eigenvalue weighted by Crippen LogP contribution is -2.48. The fourth-order valence-electron chi connectivity index (χ4n) is 5.57. The summed E-state index contributed by atoms with van der Waals surface area (Å²) in [6.45, 7) is 2.34. The van der Waals surface area contributed by atoms with E-state index in [9.17, 15) is 9.59 Å². The highest BCUT2D eigenvalue weighted by molar-refractivity contribution is 5.87. The smallest absolute Gasteiger partial charge is 0.240 e. The van der Waals surface area contributed by atoms with E-state index in [0.717, 1.165) is 42.2 Å².